The molecule has 0 fully saturated rings. The van der Waals surface area contributed by atoms with Crippen molar-refractivity contribution in [2.24, 2.45) is 0 Å². The van der Waals surface area contributed by atoms with Gasteiger partial charge in [0.1, 0.15) is 18.4 Å². The molecular formula is C15H14N6O3. The summed E-state index contributed by atoms with van der Waals surface area (Å²) in [4.78, 5) is 23.0. The number of hydrogen-bond acceptors (Lipinski definition) is 7. The molecule has 3 aromatic rings. The van der Waals surface area contributed by atoms with Crippen LogP contribution in [-0.4, -0.2) is 31.6 Å². The van der Waals surface area contributed by atoms with Crippen LogP contribution >= 0.6 is 0 Å². The summed E-state index contributed by atoms with van der Waals surface area (Å²) in [7, 11) is 1.53. The Bertz CT molecular complexity index is 879. The summed E-state index contributed by atoms with van der Waals surface area (Å²) < 4.78 is 6.74. The maximum absolute atomic E-state index is 11.6. The molecule has 0 spiro atoms. The molecule has 9 heteroatoms. The van der Waals surface area contributed by atoms with Crippen molar-refractivity contribution in [3.8, 4) is 11.6 Å². The third-order valence-electron chi connectivity index (χ3n) is 3.34. The van der Waals surface area contributed by atoms with Gasteiger partial charge in [-0.05, 0) is 24.6 Å². The smallest absolute Gasteiger partial charge is 0.354 e. The number of hydrogen-bond donors (Lipinski definition) is 1. The highest BCUT2D eigenvalue weighted by Crippen LogP contribution is 2.33. The summed E-state index contributed by atoms with van der Waals surface area (Å²) in [6, 6.07) is 5.48. The Morgan fingerprint density at radius 2 is 2.17 bits per heavy atom. The topological polar surface area (TPSA) is 108 Å². The average molecular weight is 326 g/mol. The number of ether oxygens (including phenoxy) is 1. The lowest BCUT2D eigenvalue weighted by Gasteiger charge is -2.12. The van der Waals surface area contributed by atoms with Gasteiger partial charge >= 0.3 is 5.69 Å². The van der Waals surface area contributed by atoms with Crippen LogP contribution in [0.25, 0.3) is 5.82 Å². The summed E-state index contributed by atoms with van der Waals surface area (Å²) in [5.41, 5.74) is 1.31. The standard InChI is InChI=1S/C15H14N6O3/c1-10-3-4-12(24-2)11(7-10)19-14-13(21(22)23)15(18-8-17-14)20-6-5-16-9-20/h3-9H,1-2H3,(H,17,18,19). The first-order valence-electron chi connectivity index (χ1n) is 6.99. The van der Waals surface area contributed by atoms with E-state index in [0.717, 1.165) is 5.56 Å². The third-order valence-corrected chi connectivity index (χ3v) is 3.34. The van der Waals surface area contributed by atoms with E-state index in [1.807, 2.05) is 19.1 Å². The molecule has 0 amide bonds. The molecule has 24 heavy (non-hydrogen) atoms. The quantitative estimate of drug-likeness (QED) is 0.567. The SMILES string of the molecule is COc1ccc(C)cc1Nc1ncnc(-n2ccnc2)c1[N+](=O)[O-]. The van der Waals surface area contributed by atoms with Gasteiger partial charge in [0, 0.05) is 12.4 Å². The molecule has 1 N–H and O–H groups in total. The van der Waals surface area contributed by atoms with E-state index in [0.29, 0.717) is 11.4 Å². The normalized spacial score (nSPS) is 10.4. The number of aryl methyl sites for hydroxylation is 1. The third kappa shape index (κ3) is 2.86. The molecule has 0 saturated carbocycles. The number of imidazole rings is 1. The van der Waals surface area contributed by atoms with Crippen LogP contribution in [0.4, 0.5) is 17.2 Å². The van der Waals surface area contributed by atoms with Crippen molar-refractivity contribution in [3.63, 3.8) is 0 Å². The first-order valence-corrected chi connectivity index (χ1v) is 6.99. The van der Waals surface area contributed by atoms with Crippen LogP contribution < -0.4 is 10.1 Å². The van der Waals surface area contributed by atoms with Crippen LogP contribution in [0, 0.1) is 17.0 Å². The first-order chi connectivity index (χ1) is 11.6. The van der Waals surface area contributed by atoms with Crippen LogP contribution in [0.2, 0.25) is 0 Å². The highest BCUT2D eigenvalue weighted by molar-refractivity contribution is 5.73. The maximum Gasteiger partial charge on any atom is 0.354 e. The summed E-state index contributed by atoms with van der Waals surface area (Å²) in [6.45, 7) is 1.91. The van der Waals surface area contributed by atoms with Gasteiger partial charge in [-0.3, -0.25) is 14.7 Å². The first kappa shape index (κ1) is 15.4. The zero-order valence-electron chi connectivity index (χ0n) is 13.0. The number of nitro groups is 1. The number of nitrogens with one attached hydrogen (secondary N) is 1. The van der Waals surface area contributed by atoms with Crippen LogP contribution in [-0.2, 0) is 0 Å². The Labute approximate surface area is 137 Å². The second kappa shape index (κ2) is 6.32. The van der Waals surface area contributed by atoms with E-state index in [9.17, 15) is 10.1 Å². The van der Waals surface area contributed by atoms with E-state index in [1.165, 1.54) is 30.5 Å². The number of methoxy groups -OCH3 is 1. The highest BCUT2D eigenvalue weighted by atomic mass is 16.6. The van der Waals surface area contributed by atoms with E-state index in [1.54, 1.807) is 12.3 Å². The van der Waals surface area contributed by atoms with Crippen LogP contribution in [0.1, 0.15) is 5.56 Å². The Balaban J connectivity index is 2.11. The minimum absolute atomic E-state index is 0.0719. The van der Waals surface area contributed by atoms with Gasteiger partial charge in [0.05, 0.1) is 17.7 Å². The van der Waals surface area contributed by atoms with Crippen molar-refractivity contribution in [2.45, 2.75) is 6.92 Å². The predicted molar refractivity (Wildman–Crippen MR) is 86.8 cm³/mol. The molecule has 3 rings (SSSR count). The zero-order chi connectivity index (χ0) is 17.1. The van der Waals surface area contributed by atoms with Gasteiger partial charge in [-0.15, -0.1) is 0 Å². The van der Waals surface area contributed by atoms with Crippen LogP contribution in [0.5, 0.6) is 5.75 Å². The molecule has 9 nitrogen and oxygen atoms in total. The molecular weight excluding hydrogens is 312 g/mol. The van der Waals surface area contributed by atoms with E-state index >= 15 is 0 Å². The van der Waals surface area contributed by atoms with Crippen molar-refractivity contribution < 1.29 is 9.66 Å². The minimum Gasteiger partial charge on any atom is -0.495 e. The molecule has 0 aliphatic carbocycles. The molecule has 0 unspecified atom stereocenters. The van der Waals surface area contributed by atoms with Gasteiger partial charge in [-0.25, -0.2) is 15.0 Å². The van der Waals surface area contributed by atoms with Gasteiger partial charge in [0.25, 0.3) is 0 Å². The molecule has 1 aromatic carbocycles. The molecule has 2 heterocycles. The Hall–Kier alpha value is -3.49. The maximum atomic E-state index is 11.6. The fourth-order valence-corrected chi connectivity index (χ4v) is 2.25. The van der Waals surface area contributed by atoms with Crippen molar-refractivity contribution in [3.05, 3.63) is 58.9 Å². The van der Waals surface area contributed by atoms with E-state index in [4.69, 9.17) is 4.74 Å². The molecule has 122 valence electrons. The van der Waals surface area contributed by atoms with Crippen molar-refractivity contribution >= 4 is 17.2 Å². The fraction of sp³-hybridized carbons (Fsp3) is 0.133. The molecule has 0 aliphatic rings. The molecule has 0 aliphatic heterocycles. The van der Waals surface area contributed by atoms with Crippen molar-refractivity contribution in [2.75, 3.05) is 12.4 Å². The second-order valence-electron chi connectivity index (χ2n) is 4.95. The van der Waals surface area contributed by atoms with Gasteiger partial charge < -0.3 is 10.1 Å². The Morgan fingerprint density at radius 3 is 2.83 bits per heavy atom. The summed E-state index contributed by atoms with van der Waals surface area (Å²) in [5, 5.41) is 14.5. The molecule has 0 saturated heterocycles. The van der Waals surface area contributed by atoms with Crippen LogP contribution in [0.3, 0.4) is 0 Å². The van der Waals surface area contributed by atoms with Crippen LogP contribution in [0.15, 0.2) is 43.2 Å². The Kier molecular flexibility index (Phi) is 4.06. The number of nitrogens with zero attached hydrogens (tertiary/aromatic N) is 5. The van der Waals surface area contributed by atoms with E-state index in [2.05, 4.69) is 20.3 Å². The van der Waals surface area contributed by atoms with E-state index < -0.39 is 4.92 Å². The Morgan fingerprint density at radius 1 is 1.33 bits per heavy atom. The monoisotopic (exact) mass is 326 g/mol. The largest absolute Gasteiger partial charge is 0.495 e. The molecule has 0 atom stereocenters. The lowest BCUT2D eigenvalue weighted by Crippen LogP contribution is -2.07. The van der Waals surface area contributed by atoms with Gasteiger partial charge in [-0.2, -0.15) is 0 Å². The van der Waals surface area contributed by atoms with Gasteiger partial charge in [0.15, 0.2) is 0 Å². The van der Waals surface area contributed by atoms with Crippen molar-refractivity contribution in [1.82, 2.24) is 19.5 Å². The molecule has 2 aromatic heterocycles. The minimum atomic E-state index is -0.528. The lowest BCUT2D eigenvalue weighted by atomic mass is 10.2. The fourth-order valence-electron chi connectivity index (χ4n) is 2.25. The van der Waals surface area contributed by atoms with E-state index in [-0.39, 0.29) is 17.3 Å². The van der Waals surface area contributed by atoms with Gasteiger partial charge in [0.2, 0.25) is 11.6 Å². The lowest BCUT2D eigenvalue weighted by molar-refractivity contribution is -0.384. The highest BCUT2D eigenvalue weighted by Gasteiger charge is 2.24. The number of benzene rings is 1. The van der Waals surface area contributed by atoms with Gasteiger partial charge in [-0.1, -0.05) is 6.07 Å². The number of aromatic nitrogens is 4. The molecule has 0 radical (unpaired) electrons. The molecule has 0 bridgehead atoms. The zero-order valence-corrected chi connectivity index (χ0v) is 13.0. The summed E-state index contributed by atoms with van der Waals surface area (Å²) >= 11 is 0. The summed E-state index contributed by atoms with van der Waals surface area (Å²) in [6.07, 6.45) is 5.79. The number of rotatable bonds is 5. The summed E-state index contributed by atoms with van der Waals surface area (Å²) in [5.74, 6) is 0.752. The average Bonchev–Trinajstić information content (AvgIpc) is 3.09. The predicted octanol–water partition coefficient (Wildman–Crippen LogP) is 2.63. The number of anilines is 2. The van der Waals surface area contributed by atoms with Crippen molar-refractivity contribution in [1.29, 1.82) is 0 Å². The second-order valence-corrected chi connectivity index (χ2v) is 4.95.